The standard InChI is InChI=1S/C11H16BrN3O2S/c1-6(2)9(10(13)15-17)11(16)14-5-7-3-4-8(12)18-7/h3-4,6,9,17H,5H2,1-2H3,(H2,13,15)(H,14,16). The van der Waals surface area contributed by atoms with Gasteiger partial charge >= 0.3 is 0 Å². The van der Waals surface area contributed by atoms with Crippen LogP contribution in [0.2, 0.25) is 0 Å². The third-order valence-electron chi connectivity index (χ3n) is 2.45. The van der Waals surface area contributed by atoms with Gasteiger partial charge in [-0.05, 0) is 34.0 Å². The van der Waals surface area contributed by atoms with E-state index < -0.39 is 5.92 Å². The molecule has 0 aromatic carbocycles. The third-order valence-corrected chi connectivity index (χ3v) is 4.07. The molecule has 5 nitrogen and oxygen atoms in total. The Bertz CT molecular complexity index is 445. The molecular weight excluding hydrogens is 318 g/mol. The summed E-state index contributed by atoms with van der Waals surface area (Å²) in [5, 5.41) is 14.4. The molecule has 18 heavy (non-hydrogen) atoms. The highest BCUT2D eigenvalue weighted by Gasteiger charge is 2.26. The van der Waals surface area contributed by atoms with Crippen molar-refractivity contribution in [2.45, 2.75) is 20.4 Å². The molecule has 0 saturated heterocycles. The maximum absolute atomic E-state index is 12.0. The van der Waals surface area contributed by atoms with Gasteiger partial charge in [-0.15, -0.1) is 11.3 Å². The number of hydrogen-bond donors (Lipinski definition) is 3. The maximum Gasteiger partial charge on any atom is 0.231 e. The molecule has 1 aromatic rings. The van der Waals surface area contributed by atoms with Crippen LogP contribution in [0.3, 0.4) is 0 Å². The van der Waals surface area contributed by atoms with E-state index in [1.807, 2.05) is 26.0 Å². The molecule has 0 aliphatic rings. The van der Waals surface area contributed by atoms with Crippen LogP contribution < -0.4 is 11.1 Å². The minimum atomic E-state index is -0.613. The minimum absolute atomic E-state index is 0.0315. The van der Waals surface area contributed by atoms with Crippen LogP contribution in [-0.2, 0) is 11.3 Å². The molecule has 0 bridgehead atoms. The van der Waals surface area contributed by atoms with Gasteiger partial charge in [-0.2, -0.15) is 0 Å². The molecule has 4 N–H and O–H groups in total. The van der Waals surface area contributed by atoms with Gasteiger partial charge in [0.2, 0.25) is 5.91 Å². The molecule has 0 aliphatic carbocycles. The highest BCUT2D eigenvalue weighted by molar-refractivity contribution is 9.11. The van der Waals surface area contributed by atoms with E-state index in [1.165, 1.54) is 0 Å². The Morgan fingerprint density at radius 3 is 2.72 bits per heavy atom. The average molecular weight is 334 g/mol. The summed E-state index contributed by atoms with van der Waals surface area (Å²) in [6, 6.07) is 3.86. The fourth-order valence-corrected chi connectivity index (χ4v) is 2.99. The van der Waals surface area contributed by atoms with Gasteiger partial charge in [-0.25, -0.2) is 0 Å². The lowest BCUT2D eigenvalue weighted by molar-refractivity contribution is -0.124. The summed E-state index contributed by atoms with van der Waals surface area (Å²) in [5.41, 5.74) is 5.53. The monoisotopic (exact) mass is 333 g/mol. The van der Waals surface area contributed by atoms with Crippen molar-refractivity contribution in [2.24, 2.45) is 22.7 Å². The van der Waals surface area contributed by atoms with Crippen molar-refractivity contribution in [3.05, 3.63) is 20.8 Å². The number of amides is 1. The number of thiophene rings is 1. The summed E-state index contributed by atoms with van der Waals surface area (Å²) < 4.78 is 1.02. The highest BCUT2D eigenvalue weighted by atomic mass is 79.9. The second-order valence-corrected chi connectivity index (χ2v) is 6.72. The summed E-state index contributed by atoms with van der Waals surface area (Å²) in [4.78, 5) is 13.0. The van der Waals surface area contributed by atoms with Gasteiger partial charge in [0, 0.05) is 4.88 Å². The van der Waals surface area contributed by atoms with Crippen molar-refractivity contribution < 1.29 is 10.0 Å². The van der Waals surface area contributed by atoms with Crippen molar-refractivity contribution in [3.8, 4) is 0 Å². The Morgan fingerprint density at radius 1 is 1.61 bits per heavy atom. The molecule has 1 heterocycles. The van der Waals surface area contributed by atoms with Gasteiger partial charge in [0.05, 0.1) is 10.3 Å². The molecule has 7 heteroatoms. The van der Waals surface area contributed by atoms with E-state index in [1.54, 1.807) is 11.3 Å². The molecule has 1 aromatic heterocycles. The molecule has 1 rings (SSSR count). The molecule has 0 spiro atoms. The topological polar surface area (TPSA) is 87.7 Å². The van der Waals surface area contributed by atoms with Crippen LogP contribution in [0.15, 0.2) is 21.1 Å². The Balaban J connectivity index is 2.62. The number of oxime groups is 1. The summed E-state index contributed by atoms with van der Waals surface area (Å²) >= 11 is 4.91. The number of carbonyl (C=O) groups is 1. The molecule has 0 radical (unpaired) electrons. The van der Waals surface area contributed by atoms with Crippen LogP contribution in [0, 0.1) is 11.8 Å². The molecular formula is C11H16BrN3O2S. The number of amidine groups is 1. The first-order chi connectivity index (χ1) is 8.45. The van der Waals surface area contributed by atoms with Crippen LogP contribution in [0.1, 0.15) is 18.7 Å². The molecule has 100 valence electrons. The summed E-state index contributed by atoms with van der Waals surface area (Å²) in [7, 11) is 0. The van der Waals surface area contributed by atoms with Crippen LogP contribution in [0.5, 0.6) is 0 Å². The van der Waals surface area contributed by atoms with E-state index in [0.29, 0.717) is 6.54 Å². The van der Waals surface area contributed by atoms with E-state index in [0.717, 1.165) is 8.66 Å². The number of carbonyl (C=O) groups excluding carboxylic acids is 1. The van der Waals surface area contributed by atoms with E-state index >= 15 is 0 Å². The second-order valence-electron chi connectivity index (χ2n) is 4.17. The molecule has 1 amide bonds. The number of rotatable bonds is 5. The Hall–Kier alpha value is -1.08. The zero-order valence-corrected chi connectivity index (χ0v) is 12.6. The third kappa shape index (κ3) is 3.99. The number of hydrogen-bond acceptors (Lipinski definition) is 4. The molecule has 0 fully saturated rings. The quantitative estimate of drug-likeness (QED) is 0.334. The number of nitrogens with zero attached hydrogens (tertiary/aromatic N) is 1. The maximum atomic E-state index is 12.0. The SMILES string of the molecule is CC(C)C(C(=O)NCc1ccc(Br)s1)C(N)=NO. The first-order valence-corrected chi connectivity index (χ1v) is 7.06. The Kier molecular flexibility index (Phi) is 5.61. The fourth-order valence-electron chi connectivity index (χ4n) is 1.57. The second kappa shape index (κ2) is 6.75. The van der Waals surface area contributed by atoms with E-state index in [-0.39, 0.29) is 17.7 Å². The molecule has 0 saturated carbocycles. The molecule has 1 unspecified atom stereocenters. The number of halogens is 1. The molecule has 0 aliphatic heterocycles. The van der Waals surface area contributed by atoms with Gasteiger partial charge in [-0.1, -0.05) is 19.0 Å². The predicted molar refractivity (Wildman–Crippen MR) is 75.6 cm³/mol. The van der Waals surface area contributed by atoms with Gasteiger partial charge < -0.3 is 16.3 Å². The smallest absolute Gasteiger partial charge is 0.231 e. The first-order valence-electron chi connectivity index (χ1n) is 5.45. The van der Waals surface area contributed by atoms with Gasteiger partial charge in [0.15, 0.2) is 5.84 Å². The van der Waals surface area contributed by atoms with E-state index in [2.05, 4.69) is 26.4 Å². The lowest BCUT2D eigenvalue weighted by atomic mass is 9.94. The lowest BCUT2D eigenvalue weighted by Gasteiger charge is -2.18. The number of nitrogens with two attached hydrogens (primary N) is 1. The highest BCUT2D eigenvalue weighted by Crippen LogP contribution is 2.22. The Morgan fingerprint density at radius 2 is 2.28 bits per heavy atom. The van der Waals surface area contributed by atoms with Crippen molar-refractivity contribution in [1.29, 1.82) is 0 Å². The van der Waals surface area contributed by atoms with Crippen molar-refractivity contribution in [3.63, 3.8) is 0 Å². The van der Waals surface area contributed by atoms with Gasteiger partial charge in [0.25, 0.3) is 0 Å². The first kappa shape index (κ1) is 15.0. The van der Waals surface area contributed by atoms with Crippen LogP contribution in [0.25, 0.3) is 0 Å². The largest absolute Gasteiger partial charge is 0.409 e. The van der Waals surface area contributed by atoms with Gasteiger partial charge in [-0.3, -0.25) is 4.79 Å². The minimum Gasteiger partial charge on any atom is -0.409 e. The molecule has 1 atom stereocenters. The summed E-state index contributed by atoms with van der Waals surface area (Å²) in [6.45, 7) is 4.14. The fraction of sp³-hybridized carbons (Fsp3) is 0.455. The Labute approximate surface area is 118 Å². The lowest BCUT2D eigenvalue weighted by Crippen LogP contribution is -2.41. The van der Waals surface area contributed by atoms with E-state index in [4.69, 9.17) is 10.9 Å². The van der Waals surface area contributed by atoms with E-state index in [9.17, 15) is 4.79 Å². The zero-order valence-electron chi connectivity index (χ0n) is 10.2. The van der Waals surface area contributed by atoms with Gasteiger partial charge in [0.1, 0.15) is 5.92 Å². The van der Waals surface area contributed by atoms with Crippen molar-refractivity contribution in [2.75, 3.05) is 0 Å². The predicted octanol–water partition coefficient (Wildman–Crippen LogP) is 2.15. The van der Waals surface area contributed by atoms with Crippen LogP contribution >= 0.6 is 27.3 Å². The zero-order chi connectivity index (χ0) is 13.7. The van der Waals surface area contributed by atoms with Crippen LogP contribution in [0.4, 0.5) is 0 Å². The average Bonchev–Trinajstić information content (AvgIpc) is 2.72. The number of nitrogens with one attached hydrogen (secondary N) is 1. The summed E-state index contributed by atoms with van der Waals surface area (Å²) in [6.07, 6.45) is 0. The summed E-state index contributed by atoms with van der Waals surface area (Å²) in [5.74, 6) is -0.936. The normalized spacial score (nSPS) is 13.7. The van der Waals surface area contributed by atoms with Crippen LogP contribution in [-0.4, -0.2) is 17.0 Å². The van der Waals surface area contributed by atoms with Crippen molar-refractivity contribution in [1.82, 2.24) is 5.32 Å². The van der Waals surface area contributed by atoms with Crippen molar-refractivity contribution >= 4 is 39.0 Å².